The molecule has 0 aliphatic heterocycles. The minimum Gasteiger partial charge on any atom is -0.481 e. The van der Waals surface area contributed by atoms with Crippen LogP contribution in [0.5, 0.6) is 0 Å². The van der Waals surface area contributed by atoms with Crippen LogP contribution >= 0.6 is 0 Å². The number of hydrogen-bond donors (Lipinski definition) is 1. The number of aliphatic carboxylic acids is 1. The van der Waals surface area contributed by atoms with Gasteiger partial charge in [-0.1, -0.05) is 0 Å². The molecule has 1 N–H and O–H groups in total. The molecule has 0 amide bonds. The molecule has 0 saturated heterocycles. The second-order valence-electron chi connectivity index (χ2n) is 3.59. The molecule has 4 nitrogen and oxygen atoms in total. The zero-order valence-electron chi connectivity index (χ0n) is 7.90. The minimum atomic E-state index is -1.32. The molecule has 4 heteroatoms. The third kappa shape index (κ3) is 1.64. The Morgan fingerprint density at radius 1 is 1.29 bits per heavy atom. The van der Waals surface area contributed by atoms with Crippen molar-refractivity contribution in [2.45, 2.75) is 13.8 Å². The van der Waals surface area contributed by atoms with Crippen molar-refractivity contribution < 1.29 is 19.5 Å². The number of carboxylic acid groups (broad SMARTS) is 1. The molecule has 1 rings (SSSR count). The van der Waals surface area contributed by atoms with Crippen LogP contribution in [-0.2, 0) is 14.4 Å². The number of carbonyl (C=O) groups is 3. The summed E-state index contributed by atoms with van der Waals surface area (Å²) in [5.41, 5.74) is -1.30. The summed E-state index contributed by atoms with van der Waals surface area (Å²) in [6, 6.07) is 0. The maximum absolute atomic E-state index is 11.3. The standard InChI is InChI=1S/C10H10O4/c1-10(2,9(13)14)7-5-6(11)3-4-8(7)12/h3-5H,1-2H3,(H,13,14). The van der Waals surface area contributed by atoms with E-state index >= 15 is 0 Å². The normalized spacial score (nSPS) is 16.9. The second kappa shape index (κ2) is 3.21. The number of allylic oxidation sites excluding steroid dienone is 3. The average molecular weight is 194 g/mol. The summed E-state index contributed by atoms with van der Waals surface area (Å²) in [5.74, 6) is -1.90. The van der Waals surface area contributed by atoms with Crippen molar-refractivity contribution >= 4 is 17.5 Å². The molecule has 0 aromatic carbocycles. The van der Waals surface area contributed by atoms with Crippen LogP contribution in [0.15, 0.2) is 23.8 Å². The van der Waals surface area contributed by atoms with Crippen molar-refractivity contribution in [1.82, 2.24) is 0 Å². The van der Waals surface area contributed by atoms with E-state index in [0.717, 1.165) is 18.2 Å². The highest BCUT2D eigenvalue weighted by molar-refractivity contribution is 6.19. The molecule has 0 fully saturated rings. The van der Waals surface area contributed by atoms with Crippen molar-refractivity contribution in [3.63, 3.8) is 0 Å². The predicted molar refractivity (Wildman–Crippen MR) is 48.7 cm³/mol. The highest BCUT2D eigenvalue weighted by atomic mass is 16.4. The maximum atomic E-state index is 11.3. The van der Waals surface area contributed by atoms with Gasteiger partial charge in [-0.25, -0.2) is 0 Å². The summed E-state index contributed by atoms with van der Waals surface area (Å²) < 4.78 is 0. The van der Waals surface area contributed by atoms with E-state index < -0.39 is 17.2 Å². The Bertz CT molecular complexity index is 372. The van der Waals surface area contributed by atoms with Gasteiger partial charge in [0, 0.05) is 5.57 Å². The first-order valence-electron chi connectivity index (χ1n) is 4.07. The van der Waals surface area contributed by atoms with Crippen LogP contribution in [-0.4, -0.2) is 22.6 Å². The molecule has 14 heavy (non-hydrogen) atoms. The van der Waals surface area contributed by atoms with Crippen molar-refractivity contribution in [3.05, 3.63) is 23.8 Å². The Kier molecular flexibility index (Phi) is 2.38. The molecule has 0 aromatic rings. The van der Waals surface area contributed by atoms with E-state index in [9.17, 15) is 14.4 Å². The number of hydrogen-bond acceptors (Lipinski definition) is 3. The second-order valence-corrected chi connectivity index (χ2v) is 3.59. The van der Waals surface area contributed by atoms with Crippen LogP contribution in [0, 0.1) is 5.41 Å². The van der Waals surface area contributed by atoms with Crippen LogP contribution in [0.4, 0.5) is 0 Å². The number of ketones is 2. The summed E-state index contributed by atoms with van der Waals surface area (Å²) in [5, 5.41) is 8.87. The summed E-state index contributed by atoms with van der Waals surface area (Å²) in [4.78, 5) is 33.1. The van der Waals surface area contributed by atoms with E-state index in [1.807, 2.05) is 0 Å². The molecular weight excluding hydrogens is 184 g/mol. The lowest BCUT2D eigenvalue weighted by Crippen LogP contribution is -2.31. The van der Waals surface area contributed by atoms with Gasteiger partial charge in [-0.3, -0.25) is 14.4 Å². The molecule has 0 atom stereocenters. The summed E-state index contributed by atoms with van der Waals surface area (Å²) >= 11 is 0. The third-order valence-electron chi connectivity index (χ3n) is 2.16. The molecule has 0 unspecified atom stereocenters. The Morgan fingerprint density at radius 2 is 1.86 bits per heavy atom. The van der Waals surface area contributed by atoms with Crippen molar-refractivity contribution in [2.24, 2.45) is 5.41 Å². The van der Waals surface area contributed by atoms with E-state index in [4.69, 9.17) is 5.11 Å². The minimum absolute atomic E-state index is 0.0255. The van der Waals surface area contributed by atoms with E-state index in [2.05, 4.69) is 0 Å². The lowest BCUT2D eigenvalue weighted by Gasteiger charge is -2.22. The molecule has 1 aliphatic carbocycles. The quantitative estimate of drug-likeness (QED) is 0.658. The van der Waals surface area contributed by atoms with Crippen molar-refractivity contribution in [1.29, 1.82) is 0 Å². The Hall–Kier alpha value is -1.71. The highest BCUT2D eigenvalue weighted by Crippen LogP contribution is 2.29. The van der Waals surface area contributed by atoms with Gasteiger partial charge in [-0.05, 0) is 32.1 Å². The molecular formula is C10H10O4. The van der Waals surface area contributed by atoms with Crippen LogP contribution in [0.3, 0.4) is 0 Å². The van der Waals surface area contributed by atoms with Crippen LogP contribution in [0.2, 0.25) is 0 Å². The molecule has 0 bridgehead atoms. The van der Waals surface area contributed by atoms with E-state index in [0.29, 0.717) is 0 Å². The fourth-order valence-corrected chi connectivity index (χ4v) is 1.11. The molecule has 0 saturated carbocycles. The van der Waals surface area contributed by atoms with Crippen molar-refractivity contribution in [2.75, 3.05) is 0 Å². The molecule has 0 heterocycles. The topological polar surface area (TPSA) is 71.4 Å². The molecule has 1 aliphatic rings. The van der Waals surface area contributed by atoms with Gasteiger partial charge in [-0.2, -0.15) is 0 Å². The molecule has 0 spiro atoms. The lowest BCUT2D eigenvalue weighted by atomic mass is 9.79. The zero-order valence-corrected chi connectivity index (χ0v) is 7.90. The molecule has 74 valence electrons. The third-order valence-corrected chi connectivity index (χ3v) is 2.16. The number of carbonyl (C=O) groups excluding carboxylic acids is 2. The Morgan fingerprint density at radius 3 is 2.36 bits per heavy atom. The number of carboxylic acids is 1. The zero-order chi connectivity index (χ0) is 10.9. The largest absolute Gasteiger partial charge is 0.481 e. The van der Waals surface area contributed by atoms with E-state index in [1.54, 1.807) is 0 Å². The summed E-state index contributed by atoms with van der Waals surface area (Å²) in [6.07, 6.45) is 3.31. The average Bonchev–Trinajstić information content (AvgIpc) is 2.08. The first kappa shape index (κ1) is 10.4. The van der Waals surface area contributed by atoms with Gasteiger partial charge in [0.2, 0.25) is 0 Å². The smallest absolute Gasteiger partial charge is 0.313 e. The van der Waals surface area contributed by atoms with E-state index in [1.165, 1.54) is 13.8 Å². The monoisotopic (exact) mass is 194 g/mol. The maximum Gasteiger partial charge on any atom is 0.313 e. The van der Waals surface area contributed by atoms with Crippen LogP contribution < -0.4 is 0 Å². The van der Waals surface area contributed by atoms with Gasteiger partial charge in [0.25, 0.3) is 0 Å². The predicted octanol–water partition coefficient (Wildman–Crippen LogP) is 0.732. The van der Waals surface area contributed by atoms with E-state index in [-0.39, 0.29) is 11.4 Å². The first-order chi connectivity index (χ1) is 6.35. The molecule has 0 aromatic heterocycles. The Labute approximate surface area is 80.9 Å². The fraction of sp³-hybridized carbons (Fsp3) is 0.300. The van der Waals surface area contributed by atoms with Crippen LogP contribution in [0.1, 0.15) is 13.8 Å². The van der Waals surface area contributed by atoms with Gasteiger partial charge >= 0.3 is 5.97 Å². The van der Waals surface area contributed by atoms with Gasteiger partial charge in [-0.15, -0.1) is 0 Å². The first-order valence-corrected chi connectivity index (χ1v) is 4.07. The molecule has 0 radical (unpaired) electrons. The Balaban J connectivity index is 3.15. The van der Waals surface area contributed by atoms with Gasteiger partial charge in [0.15, 0.2) is 11.6 Å². The van der Waals surface area contributed by atoms with Crippen LogP contribution in [0.25, 0.3) is 0 Å². The SMILES string of the molecule is CC(C)(C(=O)O)C1=CC(=O)C=CC1=O. The summed E-state index contributed by atoms with van der Waals surface area (Å²) in [6.45, 7) is 2.79. The van der Waals surface area contributed by atoms with Gasteiger partial charge < -0.3 is 5.11 Å². The fourth-order valence-electron chi connectivity index (χ4n) is 1.11. The lowest BCUT2D eigenvalue weighted by molar-refractivity contribution is -0.145. The number of rotatable bonds is 2. The van der Waals surface area contributed by atoms with Gasteiger partial charge in [0.05, 0.1) is 5.41 Å². The van der Waals surface area contributed by atoms with Crippen molar-refractivity contribution in [3.8, 4) is 0 Å². The summed E-state index contributed by atoms with van der Waals surface area (Å²) in [7, 11) is 0. The van der Waals surface area contributed by atoms with Gasteiger partial charge in [0.1, 0.15) is 0 Å². The highest BCUT2D eigenvalue weighted by Gasteiger charge is 2.36.